The average molecular weight is 372 g/mol. The highest BCUT2D eigenvalue weighted by Crippen LogP contribution is 2.27. The SMILES string of the molecule is C=CCNC(=NCc1nnc(C)n1C)NCCc1ccc(OC)c(OC)c1. The van der Waals surface area contributed by atoms with Crippen LogP contribution in [0.5, 0.6) is 11.5 Å². The van der Waals surface area contributed by atoms with E-state index in [1.807, 2.05) is 36.7 Å². The third kappa shape index (κ3) is 5.73. The molecule has 1 heterocycles. The predicted molar refractivity (Wildman–Crippen MR) is 106 cm³/mol. The molecule has 8 nitrogen and oxygen atoms in total. The van der Waals surface area contributed by atoms with Crippen LogP contribution in [0.25, 0.3) is 0 Å². The molecule has 2 N–H and O–H groups in total. The van der Waals surface area contributed by atoms with Crippen molar-refractivity contribution in [2.24, 2.45) is 12.0 Å². The fourth-order valence-electron chi connectivity index (χ4n) is 2.44. The maximum Gasteiger partial charge on any atom is 0.191 e. The van der Waals surface area contributed by atoms with Crippen LogP contribution in [0.1, 0.15) is 17.2 Å². The van der Waals surface area contributed by atoms with Crippen molar-refractivity contribution in [1.29, 1.82) is 0 Å². The van der Waals surface area contributed by atoms with Crippen LogP contribution in [0, 0.1) is 6.92 Å². The largest absolute Gasteiger partial charge is 0.493 e. The molecular weight excluding hydrogens is 344 g/mol. The van der Waals surface area contributed by atoms with Crippen molar-refractivity contribution in [1.82, 2.24) is 25.4 Å². The minimum atomic E-state index is 0.445. The summed E-state index contributed by atoms with van der Waals surface area (Å²) in [6.45, 7) is 7.44. The van der Waals surface area contributed by atoms with Gasteiger partial charge in [0.25, 0.3) is 0 Å². The second kappa shape index (κ2) is 10.2. The number of ether oxygens (including phenoxy) is 2. The highest BCUT2D eigenvalue weighted by atomic mass is 16.5. The molecule has 0 atom stereocenters. The quantitative estimate of drug-likeness (QED) is 0.395. The molecule has 0 radical (unpaired) electrons. The number of aryl methyl sites for hydroxylation is 1. The van der Waals surface area contributed by atoms with Crippen molar-refractivity contribution in [3.05, 3.63) is 48.1 Å². The van der Waals surface area contributed by atoms with E-state index < -0.39 is 0 Å². The Labute approximate surface area is 160 Å². The minimum Gasteiger partial charge on any atom is -0.493 e. The smallest absolute Gasteiger partial charge is 0.191 e. The zero-order valence-electron chi connectivity index (χ0n) is 16.5. The summed E-state index contributed by atoms with van der Waals surface area (Å²) >= 11 is 0. The van der Waals surface area contributed by atoms with Crippen LogP contribution in [0.4, 0.5) is 0 Å². The van der Waals surface area contributed by atoms with Gasteiger partial charge < -0.3 is 24.7 Å². The van der Waals surface area contributed by atoms with Crippen LogP contribution < -0.4 is 20.1 Å². The first kappa shape index (κ1) is 20.3. The number of nitrogens with one attached hydrogen (secondary N) is 2. The molecule has 0 aliphatic carbocycles. The Morgan fingerprint density at radius 3 is 2.63 bits per heavy atom. The van der Waals surface area contributed by atoms with Crippen LogP contribution >= 0.6 is 0 Å². The first-order valence-corrected chi connectivity index (χ1v) is 8.77. The molecule has 146 valence electrons. The van der Waals surface area contributed by atoms with E-state index in [2.05, 4.69) is 32.4 Å². The summed E-state index contributed by atoms with van der Waals surface area (Å²) in [5, 5.41) is 14.7. The highest BCUT2D eigenvalue weighted by Gasteiger charge is 2.06. The Kier molecular flexibility index (Phi) is 7.66. The minimum absolute atomic E-state index is 0.445. The van der Waals surface area contributed by atoms with Gasteiger partial charge in [-0.2, -0.15) is 0 Å². The average Bonchev–Trinajstić information content (AvgIpc) is 3.01. The number of nitrogens with zero attached hydrogens (tertiary/aromatic N) is 4. The Morgan fingerprint density at radius 1 is 1.22 bits per heavy atom. The van der Waals surface area contributed by atoms with E-state index in [0.717, 1.165) is 41.7 Å². The highest BCUT2D eigenvalue weighted by molar-refractivity contribution is 5.79. The molecule has 0 aliphatic rings. The molecule has 0 aliphatic heterocycles. The molecule has 8 heteroatoms. The zero-order valence-corrected chi connectivity index (χ0v) is 16.5. The standard InChI is InChI=1S/C19H28N6O2/c1-6-10-20-19(22-13-18-24-23-14(2)25(18)3)21-11-9-15-7-8-16(26-4)17(12-15)27-5/h6-8,12H,1,9-11,13H2,2-5H3,(H2,20,21,22). The van der Waals surface area contributed by atoms with Gasteiger partial charge in [-0.15, -0.1) is 16.8 Å². The molecule has 27 heavy (non-hydrogen) atoms. The molecule has 0 saturated heterocycles. The summed E-state index contributed by atoms with van der Waals surface area (Å²) in [6, 6.07) is 5.92. The van der Waals surface area contributed by atoms with Crippen molar-refractivity contribution in [2.75, 3.05) is 27.3 Å². The van der Waals surface area contributed by atoms with Crippen LogP contribution in [0.2, 0.25) is 0 Å². The number of benzene rings is 1. The lowest BCUT2D eigenvalue weighted by atomic mass is 10.1. The van der Waals surface area contributed by atoms with Crippen LogP contribution in [-0.2, 0) is 20.0 Å². The lowest BCUT2D eigenvalue weighted by Gasteiger charge is -2.13. The predicted octanol–water partition coefficient (Wildman–Crippen LogP) is 1.60. The summed E-state index contributed by atoms with van der Waals surface area (Å²) in [7, 11) is 5.20. The molecule has 2 rings (SSSR count). The Balaban J connectivity index is 1.96. The summed E-state index contributed by atoms with van der Waals surface area (Å²) in [4.78, 5) is 4.58. The van der Waals surface area contributed by atoms with Gasteiger partial charge in [-0.05, 0) is 31.0 Å². The summed E-state index contributed by atoms with van der Waals surface area (Å²) in [6.07, 6.45) is 2.61. The summed E-state index contributed by atoms with van der Waals surface area (Å²) < 4.78 is 12.6. The van der Waals surface area contributed by atoms with Crippen molar-refractivity contribution in [2.45, 2.75) is 19.9 Å². The van der Waals surface area contributed by atoms with E-state index in [-0.39, 0.29) is 0 Å². The Hall–Kier alpha value is -3.03. The fraction of sp³-hybridized carbons (Fsp3) is 0.421. The van der Waals surface area contributed by atoms with E-state index in [0.29, 0.717) is 19.0 Å². The molecule has 0 saturated carbocycles. The van der Waals surface area contributed by atoms with Crippen LogP contribution in [0.15, 0.2) is 35.8 Å². The number of hydrogen-bond acceptors (Lipinski definition) is 5. The third-order valence-electron chi connectivity index (χ3n) is 4.13. The van der Waals surface area contributed by atoms with Gasteiger partial charge in [0.05, 0.1) is 14.2 Å². The van der Waals surface area contributed by atoms with Gasteiger partial charge in [0.15, 0.2) is 23.3 Å². The van der Waals surface area contributed by atoms with Crippen molar-refractivity contribution < 1.29 is 9.47 Å². The number of aliphatic imine (C=N–C) groups is 1. The molecule has 0 fully saturated rings. The van der Waals surface area contributed by atoms with Gasteiger partial charge in [-0.1, -0.05) is 12.1 Å². The number of guanidine groups is 1. The van der Waals surface area contributed by atoms with Gasteiger partial charge in [0.1, 0.15) is 12.4 Å². The molecular formula is C19H28N6O2. The normalized spacial score (nSPS) is 11.2. The van der Waals surface area contributed by atoms with Gasteiger partial charge in [-0.25, -0.2) is 4.99 Å². The molecule has 0 bridgehead atoms. The lowest BCUT2D eigenvalue weighted by molar-refractivity contribution is 0.354. The third-order valence-corrected chi connectivity index (χ3v) is 4.13. The topological polar surface area (TPSA) is 85.6 Å². The number of rotatable bonds is 9. The molecule has 1 aromatic carbocycles. The number of hydrogen-bond donors (Lipinski definition) is 2. The number of methoxy groups -OCH3 is 2. The maximum absolute atomic E-state index is 5.35. The molecule has 0 amide bonds. The lowest BCUT2D eigenvalue weighted by Crippen LogP contribution is -2.38. The van der Waals surface area contributed by atoms with Crippen LogP contribution in [0.3, 0.4) is 0 Å². The van der Waals surface area contributed by atoms with Crippen molar-refractivity contribution in [3.63, 3.8) is 0 Å². The molecule has 0 unspecified atom stereocenters. The van der Waals surface area contributed by atoms with E-state index in [9.17, 15) is 0 Å². The molecule has 0 spiro atoms. The van der Waals surface area contributed by atoms with Gasteiger partial charge >= 0.3 is 0 Å². The molecule has 1 aromatic heterocycles. The van der Waals surface area contributed by atoms with Gasteiger partial charge in [0.2, 0.25) is 0 Å². The maximum atomic E-state index is 5.35. The first-order valence-electron chi connectivity index (χ1n) is 8.77. The second-order valence-electron chi connectivity index (χ2n) is 5.92. The molecule has 2 aromatic rings. The Morgan fingerprint density at radius 2 is 2.00 bits per heavy atom. The first-order chi connectivity index (χ1) is 13.1. The van der Waals surface area contributed by atoms with Crippen molar-refractivity contribution in [3.8, 4) is 11.5 Å². The van der Waals surface area contributed by atoms with Crippen molar-refractivity contribution >= 4 is 5.96 Å². The second-order valence-corrected chi connectivity index (χ2v) is 5.92. The monoisotopic (exact) mass is 372 g/mol. The van der Waals surface area contributed by atoms with Crippen LogP contribution in [-0.4, -0.2) is 48.0 Å². The van der Waals surface area contributed by atoms with E-state index in [1.54, 1.807) is 20.3 Å². The number of aromatic nitrogens is 3. The van der Waals surface area contributed by atoms with Gasteiger partial charge in [-0.3, -0.25) is 0 Å². The van der Waals surface area contributed by atoms with E-state index >= 15 is 0 Å². The Bertz CT molecular complexity index is 785. The fourth-order valence-corrected chi connectivity index (χ4v) is 2.44. The summed E-state index contributed by atoms with van der Waals surface area (Å²) in [5.41, 5.74) is 1.15. The zero-order chi connectivity index (χ0) is 19.6. The van der Waals surface area contributed by atoms with E-state index in [1.165, 1.54) is 0 Å². The van der Waals surface area contributed by atoms with Gasteiger partial charge in [0, 0.05) is 20.1 Å². The van der Waals surface area contributed by atoms with E-state index in [4.69, 9.17) is 9.47 Å². The summed E-state index contributed by atoms with van der Waals surface area (Å²) in [5.74, 6) is 3.83.